The Morgan fingerprint density at radius 1 is 1.16 bits per heavy atom. The van der Waals surface area contributed by atoms with Crippen LogP contribution in [0.3, 0.4) is 0 Å². The van der Waals surface area contributed by atoms with Crippen LogP contribution in [0.5, 0.6) is 0 Å². The first kappa shape index (κ1) is 22.1. The molecule has 0 saturated carbocycles. The van der Waals surface area contributed by atoms with Crippen LogP contribution in [0.25, 0.3) is 0 Å². The van der Waals surface area contributed by atoms with E-state index in [0.717, 1.165) is 0 Å². The summed E-state index contributed by atoms with van der Waals surface area (Å²) in [4.78, 5) is 34.1. The number of amides is 1. The normalized spacial score (nSPS) is 21.1. The van der Waals surface area contributed by atoms with Gasteiger partial charge in [0.25, 0.3) is 0 Å². The van der Waals surface area contributed by atoms with E-state index in [-0.39, 0.29) is 12.4 Å². The molecule has 32 heavy (non-hydrogen) atoms. The Balaban J connectivity index is 1.57. The van der Waals surface area contributed by atoms with Crippen molar-refractivity contribution in [2.75, 3.05) is 37.7 Å². The number of benzene rings is 2. The highest BCUT2D eigenvalue weighted by atomic mass is 35.5. The molecular weight excluding hydrogens is 435 g/mol. The molecule has 2 aromatic carbocycles. The average Bonchev–Trinajstić information content (AvgIpc) is 2.79. The van der Waals surface area contributed by atoms with Crippen molar-refractivity contribution in [2.24, 2.45) is 10.9 Å². The molecule has 1 amide bonds. The fourth-order valence-electron chi connectivity index (χ4n) is 4.02. The molecule has 9 heteroatoms. The molecule has 2 aromatic rings. The van der Waals surface area contributed by atoms with Crippen LogP contribution in [0.4, 0.5) is 10.1 Å². The van der Waals surface area contributed by atoms with E-state index in [9.17, 15) is 14.0 Å². The Hall–Kier alpha value is -3.13. The van der Waals surface area contributed by atoms with Crippen molar-refractivity contribution < 1.29 is 18.7 Å². The van der Waals surface area contributed by atoms with Crippen LogP contribution in [-0.4, -0.2) is 55.5 Å². The second kappa shape index (κ2) is 9.56. The number of aliphatic imine (C=N–C) groups is 1. The number of guanidine groups is 1. The lowest BCUT2D eigenvalue weighted by Gasteiger charge is -2.39. The Kier molecular flexibility index (Phi) is 6.60. The topological polar surface area (TPSA) is 74.2 Å². The molecular formula is C23H24ClFN4O3. The van der Waals surface area contributed by atoms with Gasteiger partial charge in [0, 0.05) is 31.2 Å². The summed E-state index contributed by atoms with van der Waals surface area (Å²) in [5, 5.41) is 3.26. The summed E-state index contributed by atoms with van der Waals surface area (Å²) >= 11 is 6.15. The van der Waals surface area contributed by atoms with Gasteiger partial charge in [-0.1, -0.05) is 35.9 Å². The third kappa shape index (κ3) is 4.55. The molecule has 2 aliphatic heterocycles. The van der Waals surface area contributed by atoms with E-state index in [0.29, 0.717) is 48.4 Å². The molecule has 0 spiro atoms. The molecule has 0 bridgehead atoms. The number of esters is 1. The maximum atomic E-state index is 14.1. The second-order valence-corrected chi connectivity index (χ2v) is 8.03. The number of piperazine rings is 1. The van der Waals surface area contributed by atoms with Gasteiger partial charge < -0.3 is 14.5 Å². The fourth-order valence-corrected chi connectivity index (χ4v) is 4.22. The zero-order chi connectivity index (χ0) is 22.7. The van der Waals surface area contributed by atoms with Gasteiger partial charge in [-0.2, -0.15) is 0 Å². The zero-order valence-corrected chi connectivity index (χ0v) is 18.4. The summed E-state index contributed by atoms with van der Waals surface area (Å²) in [6, 6.07) is 12.9. The molecule has 0 aliphatic carbocycles. The summed E-state index contributed by atoms with van der Waals surface area (Å²) in [5.74, 6) is -2.05. The van der Waals surface area contributed by atoms with Gasteiger partial charge in [-0.3, -0.25) is 14.9 Å². The van der Waals surface area contributed by atoms with E-state index in [4.69, 9.17) is 21.3 Å². The second-order valence-electron chi connectivity index (χ2n) is 7.60. The summed E-state index contributed by atoms with van der Waals surface area (Å²) in [7, 11) is 0. The van der Waals surface area contributed by atoms with E-state index >= 15 is 0 Å². The van der Waals surface area contributed by atoms with Gasteiger partial charge in [-0.15, -0.1) is 0 Å². The summed E-state index contributed by atoms with van der Waals surface area (Å²) < 4.78 is 19.3. The van der Waals surface area contributed by atoms with Gasteiger partial charge in [0.1, 0.15) is 11.9 Å². The number of anilines is 1. The first-order chi connectivity index (χ1) is 15.5. The van der Waals surface area contributed by atoms with Crippen LogP contribution in [0.1, 0.15) is 18.5 Å². The van der Waals surface area contributed by atoms with Gasteiger partial charge in [-0.05, 0) is 36.8 Å². The number of rotatable bonds is 4. The van der Waals surface area contributed by atoms with Crippen LogP contribution in [-0.2, 0) is 14.3 Å². The van der Waals surface area contributed by atoms with E-state index in [1.807, 2.05) is 9.80 Å². The van der Waals surface area contributed by atoms with Gasteiger partial charge >= 0.3 is 5.97 Å². The van der Waals surface area contributed by atoms with Crippen LogP contribution in [0.2, 0.25) is 5.02 Å². The van der Waals surface area contributed by atoms with Crippen molar-refractivity contribution in [3.05, 3.63) is 64.9 Å². The van der Waals surface area contributed by atoms with Crippen molar-refractivity contribution in [3.63, 3.8) is 0 Å². The molecule has 2 heterocycles. The van der Waals surface area contributed by atoms with Crippen molar-refractivity contribution >= 4 is 35.1 Å². The Morgan fingerprint density at radius 2 is 1.88 bits per heavy atom. The van der Waals surface area contributed by atoms with Crippen molar-refractivity contribution in [1.82, 2.24) is 10.2 Å². The van der Waals surface area contributed by atoms with Gasteiger partial charge in [0.2, 0.25) is 11.9 Å². The number of carbonyl (C=O) groups excluding carboxylic acids is 2. The number of ether oxygens (including phenoxy) is 1. The number of hydrogen-bond donors (Lipinski definition) is 1. The number of nitrogens with one attached hydrogen (secondary N) is 1. The molecule has 0 radical (unpaired) electrons. The highest BCUT2D eigenvalue weighted by molar-refractivity contribution is 6.30. The maximum absolute atomic E-state index is 14.1. The number of carbonyl (C=O) groups is 2. The SMILES string of the molecule is CCOC(=O)C1C(=O)NC(N2CCN(c3ccccc3F)CC2)=NC1c1cccc(Cl)c1. The predicted octanol–water partition coefficient (Wildman–Crippen LogP) is 3.01. The Bertz CT molecular complexity index is 1040. The fraction of sp³-hybridized carbons (Fsp3) is 0.348. The summed E-state index contributed by atoms with van der Waals surface area (Å²) in [6.45, 7) is 4.08. The first-order valence-electron chi connectivity index (χ1n) is 10.5. The highest BCUT2D eigenvalue weighted by Crippen LogP contribution is 2.32. The quantitative estimate of drug-likeness (QED) is 0.563. The van der Waals surface area contributed by atoms with Crippen LogP contribution in [0, 0.1) is 11.7 Å². The summed E-state index contributed by atoms with van der Waals surface area (Å²) in [5.41, 5.74) is 1.22. The molecule has 2 aliphatic rings. The van der Waals surface area contributed by atoms with E-state index in [1.165, 1.54) is 6.07 Å². The smallest absolute Gasteiger partial charge is 0.321 e. The minimum atomic E-state index is -1.10. The standard InChI is InChI=1S/C23H24ClFN4O3/c1-2-32-22(31)19-20(15-6-5-7-16(24)14-15)26-23(27-21(19)30)29-12-10-28(11-13-29)18-9-4-3-8-17(18)25/h3-9,14,19-20H,2,10-13H2,1H3,(H,26,27,30). The summed E-state index contributed by atoms with van der Waals surface area (Å²) in [6.07, 6.45) is 0. The van der Waals surface area contributed by atoms with E-state index in [1.54, 1.807) is 49.4 Å². The van der Waals surface area contributed by atoms with Crippen LogP contribution in [0.15, 0.2) is 53.5 Å². The largest absolute Gasteiger partial charge is 0.465 e. The van der Waals surface area contributed by atoms with Crippen molar-refractivity contribution in [1.29, 1.82) is 0 Å². The Morgan fingerprint density at radius 3 is 2.56 bits per heavy atom. The number of hydrogen-bond acceptors (Lipinski definition) is 6. The minimum Gasteiger partial charge on any atom is -0.465 e. The molecule has 168 valence electrons. The number of nitrogens with zero attached hydrogens (tertiary/aromatic N) is 3. The first-order valence-corrected chi connectivity index (χ1v) is 10.9. The molecule has 2 atom stereocenters. The average molecular weight is 459 g/mol. The molecule has 7 nitrogen and oxygen atoms in total. The lowest BCUT2D eigenvalue weighted by atomic mass is 9.91. The molecule has 1 N–H and O–H groups in total. The number of para-hydroxylation sites is 1. The van der Waals surface area contributed by atoms with E-state index in [2.05, 4.69) is 5.32 Å². The predicted molar refractivity (Wildman–Crippen MR) is 120 cm³/mol. The van der Waals surface area contributed by atoms with Crippen molar-refractivity contribution in [2.45, 2.75) is 13.0 Å². The third-order valence-corrected chi connectivity index (χ3v) is 5.83. The molecule has 0 aromatic heterocycles. The Labute approximate surface area is 190 Å². The highest BCUT2D eigenvalue weighted by Gasteiger charge is 2.42. The maximum Gasteiger partial charge on any atom is 0.321 e. The molecule has 4 rings (SSSR count). The van der Waals surface area contributed by atoms with Gasteiger partial charge in [-0.25, -0.2) is 9.38 Å². The van der Waals surface area contributed by atoms with Crippen LogP contribution >= 0.6 is 11.6 Å². The minimum absolute atomic E-state index is 0.166. The number of halogens is 2. The molecule has 2 unspecified atom stereocenters. The zero-order valence-electron chi connectivity index (χ0n) is 17.6. The van der Waals surface area contributed by atoms with Gasteiger partial charge in [0.05, 0.1) is 12.3 Å². The molecule has 1 fully saturated rings. The van der Waals surface area contributed by atoms with Gasteiger partial charge in [0.15, 0.2) is 5.92 Å². The lowest BCUT2D eigenvalue weighted by Crippen LogP contribution is -2.57. The van der Waals surface area contributed by atoms with E-state index < -0.39 is 23.8 Å². The monoisotopic (exact) mass is 458 g/mol. The third-order valence-electron chi connectivity index (χ3n) is 5.60. The van der Waals surface area contributed by atoms with Crippen LogP contribution < -0.4 is 10.2 Å². The lowest BCUT2D eigenvalue weighted by molar-refractivity contribution is -0.153. The molecule has 1 saturated heterocycles. The van der Waals surface area contributed by atoms with Crippen molar-refractivity contribution in [3.8, 4) is 0 Å².